The molecule has 2 saturated heterocycles. The highest BCUT2D eigenvalue weighted by molar-refractivity contribution is 5.88. The van der Waals surface area contributed by atoms with Crippen LogP contribution in [0.3, 0.4) is 0 Å². The molecule has 0 aliphatic carbocycles. The van der Waals surface area contributed by atoms with E-state index in [4.69, 9.17) is 29.5 Å². The van der Waals surface area contributed by atoms with Crippen LogP contribution < -0.4 is 9.64 Å². The first-order valence-corrected chi connectivity index (χ1v) is 14.2. The number of aromatic nitrogens is 7. The van der Waals surface area contributed by atoms with Crippen molar-refractivity contribution in [2.75, 3.05) is 51.4 Å². The molecule has 2 aliphatic rings. The molecule has 0 amide bonds. The molecule has 11 nitrogen and oxygen atoms in total. The van der Waals surface area contributed by atoms with E-state index in [1.165, 1.54) is 0 Å². The average molecular weight is 554 g/mol. The minimum Gasteiger partial charge on any atom is -0.496 e. The number of hydrogen-bond donors (Lipinski definition) is 0. The summed E-state index contributed by atoms with van der Waals surface area (Å²) < 4.78 is 15.2. The number of pyridine rings is 3. The maximum atomic E-state index is 5.59. The molecule has 0 radical (unpaired) electrons. The van der Waals surface area contributed by atoms with Crippen LogP contribution in [0, 0.1) is 6.92 Å². The summed E-state index contributed by atoms with van der Waals surface area (Å²) in [5, 5.41) is 5.76. The summed E-state index contributed by atoms with van der Waals surface area (Å²) in [6.07, 6.45) is 5.36. The molecule has 7 rings (SSSR count). The summed E-state index contributed by atoms with van der Waals surface area (Å²) in [5.74, 6) is 2.67. The lowest BCUT2D eigenvalue weighted by Crippen LogP contribution is -2.62. The number of rotatable bonds is 6. The Morgan fingerprint density at radius 3 is 2.59 bits per heavy atom. The molecule has 5 aromatic heterocycles. The summed E-state index contributed by atoms with van der Waals surface area (Å²) in [6, 6.07) is 6.54. The molecule has 0 unspecified atom stereocenters. The van der Waals surface area contributed by atoms with Gasteiger partial charge < -0.3 is 18.9 Å². The second kappa shape index (κ2) is 10.1. The van der Waals surface area contributed by atoms with E-state index < -0.39 is 0 Å². The van der Waals surface area contributed by atoms with Gasteiger partial charge in [0.15, 0.2) is 5.82 Å². The number of morpholine rings is 1. The SMILES string of the molecule is COc1ccncc1-c1cc2c(cnn2-c2cc3c(nc(N4CC(N5CCOCC5)C4)n3C)c(C(C)C)n2)c(C)n1. The van der Waals surface area contributed by atoms with Gasteiger partial charge in [0.25, 0.3) is 0 Å². The van der Waals surface area contributed by atoms with E-state index in [1.54, 1.807) is 19.5 Å². The Morgan fingerprint density at radius 2 is 1.83 bits per heavy atom. The third kappa shape index (κ3) is 4.31. The van der Waals surface area contributed by atoms with Crippen molar-refractivity contribution < 1.29 is 9.47 Å². The van der Waals surface area contributed by atoms with Gasteiger partial charge in [-0.15, -0.1) is 0 Å². The second-order valence-corrected chi connectivity index (χ2v) is 11.2. The molecule has 41 heavy (non-hydrogen) atoms. The van der Waals surface area contributed by atoms with Crippen LogP contribution in [0.15, 0.2) is 36.8 Å². The van der Waals surface area contributed by atoms with Crippen LogP contribution in [0.2, 0.25) is 0 Å². The lowest BCUT2D eigenvalue weighted by atomic mass is 10.1. The number of imidazole rings is 1. The van der Waals surface area contributed by atoms with E-state index in [0.717, 1.165) is 101 Å². The number of ether oxygens (including phenoxy) is 2. The standard InChI is InChI=1S/C30H35N9O2/c1-18(2)28-29-25(36(4)30(35-29)38-16-20(17-38)37-8-10-41-11-9-37)13-27(34-28)39-24-12-23(33-19(3)21(24)15-32-39)22-14-31-7-6-26(22)40-5/h6-7,12-15,18,20H,8-11,16-17H2,1-5H3. The Bertz CT molecular complexity index is 1750. The minimum atomic E-state index is 0.193. The van der Waals surface area contributed by atoms with Gasteiger partial charge in [0.2, 0.25) is 5.95 Å². The first-order valence-electron chi connectivity index (χ1n) is 14.2. The van der Waals surface area contributed by atoms with Crippen molar-refractivity contribution in [2.45, 2.75) is 32.7 Å². The predicted molar refractivity (Wildman–Crippen MR) is 158 cm³/mol. The third-order valence-corrected chi connectivity index (χ3v) is 8.37. The Hall–Kier alpha value is -4.09. The van der Waals surface area contributed by atoms with Gasteiger partial charge >= 0.3 is 0 Å². The lowest BCUT2D eigenvalue weighted by Gasteiger charge is -2.46. The number of hydrogen-bond acceptors (Lipinski definition) is 9. The molecule has 0 atom stereocenters. The number of anilines is 1. The van der Waals surface area contributed by atoms with Crippen molar-refractivity contribution >= 4 is 27.9 Å². The molecule has 0 aromatic carbocycles. The van der Waals surface area contributed by atoms with Gasteiger partial charge in [0.05, 0.1) is 54.5 Å². The van der Waals surface area contributed by atoms with Crippen LogP contribution >= 0.6 is 0 Å². The fourth-order valence-corrected chi connectivity index (χ4v) is 6.02. The van der Waals surface area contributed by atoms with Crippen LogP contribution in [0.5, 0.6) is 5.75 Å². The first kappa shape index (κ1) is 25.8. The van der Waals surface area contributed by atoms with E-state index in [2.05, 4.69) is 46.3 Å². The van der Waals surface area contributed by atoms with Crippen LogP contribution in [0.4, 0.5) is 5.95 Å². The molecule has 0 saturated carbocycles. The summed E-state index contributed by atoms with van der Waals surface area (Å²) >= 11 is 0. The van der Waals surface area contributed by atoms with E-state index in [0.29, 0.717) is 6.04 Å². The van der Waals surface area contributed by atoms with Gasteiger partial charge in [-0.2, -0.15) is 5.10 Å². The maximum absolute atomic E-state index is 5.59. The fraction of sp³-hybridized carbons (Fsp3) is 0.433. The molecule has 11 heteroatoms. The van der Waals surface area contributed by atoms with E-state index in [9.17, 15) is 0 Å². The normalized spacial score (nSPS) is 16.7. The lowest BCUT2D eigenvalue weighted by molar-refractivity contribution is 0.0102. The van der Waals surface area contributed by atoms with Crippen LogP contribution in [0.25, 0.3) is 39.0 Å². The third-order valence-electron chi connectivity index (χ3n) is 8.37. The molecule has 0 bridgehead atoms. The van der Waals surface area contributed by atoms with Crippen molar-refractivity contribution in [3.05, 3.63) is 48.2 Å². The average Bonchev–Trinajstić information content (AvgIpc) is 3.54. The van der Waals surface area contributed by atoms with Crippen molar-refractivity contribution in [2.24, 2.45) is 7.05 Å². The number of fused-ring (bicyclic) bond motifs is 2. The molecule has 212 valence electrons. The summed E-state index contributed by atoms with van der Waals surface area (Å²) in [5.41, 5.74) is 6.39. The molecule has 7 heterocycles. The van der Waals surface area contributed by atoms with E-state index in [1.807, 2.05) is 29.9 Å². The minimum absolute atomic E-state index is 0.193. The quantitative estimate of drug-likeness (QED) is 0.311. The summed E-state index contributed by atoms with van der Waals surface area (Å²) in [7, 11) is 3.76. The van der Waals surface area contributed by atoms with Gasteiger partial charge in [-0.1, -0.05) is 13.8 Å². The Labute approximate surface area is 238 Å². The van der Waals surface area contributed by atoms with Gasteiger partial charge in [0.1, 0.15) is 11.3 Å². The van der Waals surface area contributed by atoms with Crippen LogP contribution in [-0.2, 0) is 11.8 Å². The van der Waals surface area contributed by atoms with Crippen LogP contribution in [-0.4, -0.2) is 91.7 Å². The van der Waals surface area contributed by atoms with Gasteiger partial charge in [-0.25, -0.2) is 14.6 Å². The topological polar surface area (TPSA) is 99.2 Å². The van der Waals surface area contributed by atoms with Crippen molar-refractivity contribution in [3.8, 4) is 22.8 Å². The Kier molecular flexibility index (Phi) is 6.35. The monoisotopic (exact) mass is 553 g/mol. The largest absolute Gasteiger partial charge is 0.496 e. The highest BCUT2D eigenvalue weighted by Gasteiger charge is 2.35. The number of aryl methyl sites for hydroxylation is 2. The van der Waals surface area contributed by atoms with E-state index >= 15 is 0 Å². The zero-order valence-electron chi connectivity index (χ0n) is 24.2. The van der Waals surface area contributed by atoms with Gasteiger partial charge in [0, 0.05) is 68.8 Å². The number of methoxy groups -OCH3 is 1. The highest BCUT2D eigenvalue weighted by atomic mass is 16.5. The Balaban J connectivity index is 1.30. The van der Waals surface area contributed by atoms with Crippen molar-refractivity contribution in [3.63, 3.8) is 0 Å². The van der Waals surface area contributed by atoms with Gasteiger partial charge in [-0.05, 0) is 25.0 Å². The van der Waals surface area contributed by atoms with Gasteiger partial charge in [-0.3, -0.25) is 14.9 Å². The summed E-state index contributed by atoms with van der Waals surface area (Å²) in [6.45, 7) is 12.0. The van der Waals surface area contributed by atoms with Crippen LogP contribution in [0.1, 0.15) is 31.2 Å². The molecular formula is C30H35N9O2. The zero-order valence-corrected chi connectivity index (χ0v) is 24.2. The highest BCUT2D eigenvalue weighted by Crippen LogP contribution is 2.34. The maximum Gasteiger partial charge on any atom is 0.206 e. The molecular weight excluding hydrogens is 518 g/mol. The number of nitrogens with zero attached hydrogens (tertiary/aromatic N) is 9. The molecule has 2 fully saturated rings. The molecule has 2 aliphatic heterocycles. The Morgan fingerprint density at radius 1 is 1.02 bits per heavy atom. The van der Waals surface area contributed by atoms with E-state index in [-0.39, 0.29) is 5.92 Å². The molecule has 0 spiro atoms. The molecule has 5 aromatic rings. The fourth-order valence-electron chi connectivity index (χ4n) is 6.02. The first-order chi connectivity index (χ1) is 19.9. The zero-order chi connectivity index (χ0) is 28.2. The smallest absolute Gasteiger partial charge is 0.206 e. The van der Waals surface area contributed by atoms with Crippen molar-refractivity contribution in [1.29, 1.82) is 0 Å². The summed E-state index contributed by atoms with van der Waals surface area (Å²) in [4.78, 5) is 24.3. The van der Waals surface area contributed by atoms with Crippen molar-refractivity contribution in [1.82, 2.24) is 39.2 Å². The molecule has 0 N–H and O–H groups in total. The second-order valence-electron chi connectivity index (χ2n) is 11.2. The predicted octanol–water partition coefficient (Wildman–Crippen LogP) is 3.73.